The number of carbonyl (C=O) groups is 1. The number of hydrogen-bond donors (Lipinski definition) is 0. The first kappa shape index (κ1) is 18.7. The maximum absolute atomic E-state index is 12.3. The molecule has 0 spiro atoms. The molecule has 2 aromatic carbocycles. The van der Waals surface area contributed by atoms with E-state index in [-0.39, 0.29) is 5.91 Å². The van der Waals surface area contributed by atoms with E-state index < -0.39 is 0 Å². The highest BCUT2D eigenvalue weighted by atomic mass is 16.2. The SMILES string of the molecule is Cc1ccc(CN(C)CCCCN2C(=O)CCc3ccccc32)c(C)c1. The number of unbranched alkanes of at least 4 members (excludes halogenated alkanes) is 1. The van der Waals surface area contributed by atoms with Gasteiger partial charge in [-0.25, -0.2) is 0 Å². The van der Waals surface area contributed by atoms with Crippen molar-refractivity contribution < 1.29 is 4.79 Å². The minimum atomic E-state index is 0.271. The van der Waals surface area contributed by atoms with Gasteiger partial charge in [-0.3, -0.25) is 4.79 Å². The first-order chi connectivity index (χ1) is 12.5. The van der Waals surface area contributed by atoms with Crippen molar-refractivity contribution in [3.05, 3.63) is 64.7 Å². The lowest BCUT2D eigenvalue weighted by Crippen LogP contribution is -2.36. The van der Waals surface area contributed by atoms with E-state index in [1.54, 1.807) is 0 Å². The van der Waals surface area contributed by atoms with Gasteiger partial charge in [0.25, 0.3) is 0 Å². The molecule has 26 heavy (non-hydrogen) atoms. The molecular weight excluding hydrogens is 320 g/mol. The van der Waals surface area contributed by atoms with Gasteiger partial charge in [-0.2, -0.15) is 0 Å². The number of aryl methyl sites for hydroxylation is 3. The highest BCUT2D eigenvalue weighted by Crippen LogP contribution is 2.27. The van der Waals surface area contributed by atoms with Crippen LogP contribution in [0.5, 0.6) is 0 Å². The molecule has 3 heteroatoms. The summed E-state index contributed by atoms with van der Waals surface area (Å²) in [5.41, 5.74) is 6.51. The standard InChI is InChI=1S/C23H30N2O/c1-18-10-11-21(19(2)16-18)17-24(3)14-6-7-15-25-22-9-5-4-8-20(22)12-13-23(25)26/h4-5,8-11,16H,6-7,12-15,17H2,1-3H3. The molecule has 0 saturated heterocycles. The van der Waals surface area contributed by atoms with E-state index >= 15 is 0 Å². The maximum Gasteiger partial charge on any atom is 0.227 e. The number of fused-ring (bicyclic) bond motifs is 1. The number of rotatable bonds is 7. The number of anilines is 1. The van der Waals surface area contributed by atoms with E-state index in [9.17, 15) is 4.79 Å². The topological polar surface area (TPSA) is 23.6 Å². The predicted molar refractivity (Wildman–Crippen MR) is 109 cm³/mol. The van der Waals surface area contributed by atoms with Crippen molar-refractivity contribution in [3.63, 3.8) is 0 Å². The highest BCUT2D eigenvalue weighted by Gasteiger charge is 2.22. The summed E-state index contributed by atoms with van der Waals surface area (Å²) in [4.78, 5) is 16.7. The molecule has 0 unspecified atom stereocenters. The van der Waals surface area contributed by atoms with Gasteiger partial charge in [-0.05, 0) is 69.5 Å². The molecule has 138 valence electrons. The van der Waals surface area contributed by atoms with Crippen molar-refractivity contribution in [2.45, 2.75) is 46.1 Å². The molecule has 0 bridgehead atoms. The lowest BCUT2D eigenvalue weighted by Gasteiger charge is -2.29. The molecule has 1 aliphatic heterocycles. The summed E-state index contributed by atoms with van der Waals surface area (Å²) in [6.07, 6.45) is 3.67. The second kappa shape index (κ2) is 8.50. The van der Waals surface area contributed by atoms with Crippen LogP contribution in [0.4, 0.5) is 5.69 Å². The van der Waals surface area contributed by atoms with Crippen LogP contribution in [0.3, 0.4) is 0 Å². The Morgan fingerprint density at radius 2 is 1.85 bits per heavy atom. The molecule has 3 rings (SSSR count). The van der Waals surface area contributed by atoms with Gasteiger partial charge >= 0.3 is 0 Å². The highest BCUT2D eigenvalue weighted by molar-refractivity contribution is 5.96. The Bertz CT molecular complexity index is 769. The molecule has 0 aliphatic carbocycles. The van der Waals surface area contributed by atoms with Gasteiger partial charge in [-0.15, -0.1) is 0 Å². The second-order valence-electron chi connectivity index (χ2n) is 7.55. The van der Waals surface area contributed by atoms with Crippen LogP contribution in [-0.4, -0.2) is 30.9 Å². The van der Waals surface area contributed by atoms with Gasteiger partial charge in [0.1, 0.15) is 0 Å². The summed E-state index contributed by atoms with van der Waals surface area (Å²) in [5, 5.41) is 0. The predicted octanol–water partition coefficient (Wildman–Crippen LogP) is 4.49. The fraction of sp³-hybridized carbons (Fsp3) is 0.435. The van der Waals surface area contributed by atoms with Crippen molar-refractivity contribution in [1.82, 2.24) is 4.90 Å². The third-order valence-corrected chi connectivity index (χ3v) is 5.30. The Labute approximate surface area is 157 Å². The first-order valence-corrected chi connectivity index (χ1v) is 9.67. The van der Waals surface area contributed by atoms with E-state index in [1.807, 2.05) is 11.0 Å². The molecule has 2 aromatic rings. The summed E-state index contributed by atoms with van der Waals surface area (Å²) in [5.74, 6) is 0.271. The van der Waals surface area contributed by atoms with Crippen LogP contribution in [-0.2, 0) is 17.8 Å². The molecule has 0 radical (unpaired) electrons. The Hall–Kier alpha value is -2.13. The average Bonchev–Trinajstić information content (AvgIpc) is 2.62. The van der Waals surface area contributed by atoms with Gasteiger partial charge in [0, 0.05) is 25.2 Å². The van der Waals surface area contributed by atoms with E-state index in [0.717, 1.165) is 44.6 Å². The molecular formula is C23H30N2O. The van der Waals surface area contributed by atoms with Gasteiger partial charge in [0.2, 0.25) is 5.91 Å². The van der Waals surface area contributed by atoms with Crippen LogP contribution >= 0.6 is 0 Å². The Morgan fingerprint density at radius 1 is 1.04 bits per heavy atom. The molecule has 1 aliphatic rings. The molecule has 0 aromatic heterocycles. The second-order valence-corrected chi connectivity index (χ2v) is 7.55. The average molecular weight is 351 g/mol. The van der Waals surface area contributed by atoms with E-state index in [1.165, 1.54) is 22.3 Å². The molecule has 0 saturated carbocycles. The van der Waals surface area contributed by atoms with Crippen molar-refractivity contribution >= 4 is 11.6 Å². The molecule has 0 N–H and O–H groups in total. The third kappa shape index (κ3) is 4.53. The zero-order valence-electron chi connectivity index (χ0n) is 16.3. The van der Waals surface area contributed by atoms with Crippen LogP contribution in [0.2, 0.25) is 0 Å². The Kier molecular flexibility index (Phi) is 6.10. The lowest BCUT2D eigenvalue weighted by molar-refractivity contribution is -0.118. The summed E-state index contributed by atoms with van der Waals surface area (Å²) in [7, 11) is 2.18. The number of carbonyl (C=O) groups excluding carboxylic acids is 1. The summed E-state index contributed by atoms with van der Waals surface area (Å²) >= 11 is 0. The monoisotopic (exact) mass is 350 g/mol. The number of hydrogen-bond acceptors (Lipinski definition) is 2. The van der Waals surface area contributed by atoms with E-state index in [4.69, 9.17) is 0 Å². The number of benzene rings is 2. The molecule has 0 atom stereocenters. The molecule has 1 heterocycles. The van der Waals surface area contributed by atoms with E-state index in [2.05, 4.69) is 62.2 Å². The van der Waals surface area contributed by atoms with Gasteiger partial charge < -0.3 is 9.80 Å². The fourth-order valence-corrected chi connectivity index (χ4v) is 3.79. The van der Waals surface area contributed by atoms with Gasteiger partial charge in [0.05, 0.1) is 0 Å². The van der Waals surface area contributed by atoms with Crippen LogP contribution in [0.1, 0.15) is 41.5 Å². The van der Waals surface area contributed by atoms with Crippen LogP contribution < -0.4 is 4.90 Å². The van der Waals surface area contributed by atoms with Crippen molar-refractivity contribution in [3.8, 4) is 0 Å². The first-order valence-electron chi connectivity index (χ1n) is 9.67. The Balaban J connectivity index is 1.47. The van der Waals surface area contributed by atoms with Crippen LogP contribution in [0.15, 0.2) is 42.5 Å². The zero-order chi connectivity index (χ0) is 18.5. The van der Waals surface area contributed by atoms with Crippen LogP contribution in [0.25, 0.3) is 0 Å². The van der Waals surface area contributed by atoms with Crippen molar-refractivity contribution in [1.29, 1.82) is 0 Å². The number of para-hydroxylation sites is 1. The minimum Gasteiger partial charge on any atom is -0.312 e. The summed E-state index contributed by atoms with van der Waals surface area (Å²) < 4.78 is 0. The maximum atomic E-state index is 12.3. The zero-order valence-corrected chi connectivity index (χ0v) is 16.3. The molecule has 1 amide bonds. The fourth-order valence-electron chi connectivity index (χ4n) is 3.79. The van der Waals surface area contributed by atoms with E-state index in [0.29, 0.717) is 6.42 Å². The quantitative estimate of drug-likeness (QED) is 0.687. The van der Waals surface area contributed by atoms with Crippen molar-refractivity contribution in [2.24, 2.45) is 0 Å². The smallest absolute Gasteiger partial charge is 0.227 e. The Morgan fingerprint density at radius 3 is 2.65 bits per heavy atom. The third-order valence-electron chi connectivity index (χ3n) is 5.30. The summed E-state index contributed by atoms with van der Waals surface area (Å²) in [6, 6.07) is 15.0. The van der Waals surface area contributed by atoms with Crippen LogP contribution in [0, 0.1) is 13.8 Å². The van der Waals surface area contributed by atoms with Gasteiger partial charge in [-0.1, -0.05) is 42.0 Å². The minimum absolute atomic E-state index is 0.271. The summed E-state index contributed by atoms with van der Waals surface area (Å²) in [6.45, 7) is 7.19. The normalized spacial score (nSPS) is 14.0. The molecule has 0 fully saturated rings. The lowest BCUT2D eigenvalue weighted by atomic mass is 10.0. The molecule has 3 nitrogen and oxygen atoms in total. The van der Waals surface area contributed by atoms with Gasteiger partial charge in [0.15, 0.2) is 0 Å². The van der Waals surface area contributed by atoms with Crippen molar-refractivity contribution in [2.75, 3.05) is 25.0 Å². The number of nitrogens with zero attached hydrogens (tertiary/aromatic N) is 2. The number of amides is 1. The largest absolute Gasteiger partial charge is 0.312 e.